The Balaban J connectivity index is 1.48. The van der Waals surface area contributed by atoms with E-state index in [4.69, 9.17) is 19.4 Å². The highest BCUT2D eigenvalue weighted by Gasteiger charge is 2.20. The first-order valence-corrected chi connectivity index (χ1v) is 12.4. The molecule has 0 amide bonds. The summed E-state index contributed by atoms with van der Waals surface area (Å²) < 4.78 is 8.25. The van der Waals surface area contributed by atoms with Gasteiger partial charge in [-0.15, -0.1) is 0 Å². The van der Waals surface area contributed by atoms with Crippen LogP contribution in [0.25, 0.3) is 72.5 Å². The lowest BCUT2D eigenvalue weighted by molar-refractivity contribution is 0.668. The van der Waals surface area contributed by atoms with Gasteiger partial charge in [0.15, 0.2) is 11.6 Å². The van der Waals surface area contributed by atoms with Gasteiger partial charge in [-0.25, -0.2) is 4.98 Å². The minimum atomic E-state index is 0.564. The Morgan fingerprint density at radius 2 is 1.26 bits per heavy atom. The monoisotopic (exact) mass is 489 g/mol. The number of pyridine rings is 1. The van der Waals surface area contributed by atoms with Crippen molar-refractivity contribution in [1.29, 1.82) is 0 Å². The molecule has 38 heavy (non-hydrogen) atoms. The van der Waals surface area contributed by atoms with Gasteiger partial charge >= 0.3 is 0 Å². The Morgan fingerprint density at radius 3 is 2.05 bits per heavy atom. The second-order valence-corrected chi connectivity index (χ2v) is 9.17. The predicted octanol–water partition coefficient (Wildman–Crippen LogP) is 7.60. The summed E-state index contributed by atoms with van der Waals surface area (Å²) in [5, 5.41) is 4.17. The molecule has 4 aromatic carbocycles. The van der Waals surface area contributed by atoms with Crippen molar-refractivity contribution in [2.45, 2.75) is 0 Å². The van der Waals surface area contributed by atoms with E-state index >= 15 is 0 Å². The Labute approximate surface area is 216 Å². The number of para-hydroxylation sites is 2. The number of hydrogen-bond acceptors (Lipinski definition) is 5. The lowest BCUT2D eigenvalue weighted by Crippen LogP contribution is -2.06. The van der Waals surface area contributed by atoms with Crippen LogP contribution in [0.15, 0.2) is 120 Å². The summed E-state index contributed by atoms with van der Waals surface area (Å²) >= 11 is 0. The SMILES string of the molecule is c1ccc(-c2nc(-c3cccc4oc5ccncc5c34)nc(-n3c4ccccc4c4ccccc43)n2)cc1. The van der Waals surface area contributed by atoms with Gasteiger partial charge in [0.2, 0.25) is 5.95 Å². The Morgan fingerprint density at radius 1 is 0.553 bits per heavy atom. The zero-order valence-corrected chi connectivity index (χ0v) is 20.1. The average Bonchev–Trinajstić information content (AvgIpc) is 3.53. The third kappa shape index (κ3) is 3.07. The fraction of sp³-hybridized carbons (Fsp3) is 0. The number of rotatable bonds is 3. The van der Waals surface area contributed by atoms with Crippen LogP contribution in [0, 0.1) is 0 Å². The predicted molar refractivity (Wildman–Crippen MR) is 150 cm³/mol. The van der Waals surface area contributed by atoms with Crippen molar-refractivity contribution in [3.63, 3.8) is 0 Å². The van der Waals surface area contributed by atoms with Gasteiger partial charge in [0.05, 0.1) is 11.0 Å². The summed E-state index contributed by atoms with van der Waals surface area (Å²) in [4.78, 5) is 19.4. The molecule has 0 aliphatic rings. The van der Waals surface area contributed by atoms with Gasteiger partial charge in [0.25, 0.3) is 0 Å². The van der Waals surface area contributed by atoms with Crippen molar-refractivity contribution in [3.8, 4) is 28.7 Å². The van der Waals surface area contributed by atoms with Crippen molar-refractivity contribution in [2.75, 3.05) is 0 Å². The molecular weight excluding hydrogens is 470 g/mol. The normalized spacial score (nSPS) is 11.7. The molecule has 4 aromatic heterocycles. The molecule has 0 spiro atoms. The van der Waals surface area contributed by atoms with Crippen LogP contribution in [0.5, 0.6) is 0 Å². The summed E-state index contributed by atoms with van der Waals surface area (Å²) in [6.07, 6.45) is 3.57. The molecule has 8 rings (SSSR count). The number of furan rings is 1. The molecule has 4 heterocycles. The summed E-state index contributed by atoms with van der Waals surface area (Å²) in [5.74, 6) is 1.75. The molecule has 0 aliphatic heterocycles. The van der Waals surface area contributed by atoms with Gasteiger partial charge in [-0.1, -0.05) is 78.9 Å². The number of aromatic nitrogens is 5. The number of nitrogens with zero attached hydrogens (tertiary/aromatic N) is 5. The highest BCUT2D eigenvalue weighted by Crippen LogP contribution is 2.36. The zero-order valence-electron chi connectivity index (χ0n) is 20.1. The highest BCUT2D eigenvalue weighted by molar-refractivity contribution is 6.12. The molecule has 0 radical (unpaired) electrons. The van der Waals surface area contributed by atoms with E-state index in [1.165, 1.54) is 0 Å². The smallest absolute Gasteiger partial charge is 0.238 e. The van der Waals surface area contributed by atoms with E-state index in [9.17, 15) is 0 Å². The van der Waals surface area contributed by atoms with Gasteiger partial charge < -0.3 is 4.42 Å². The summed E-state index contributed by atoms with van der Waals surface area (Å²) in [5.41, 5.74) is 5.43. The largest absolute Gasteiger partial charge is 0.456 e. The molecule has 0 N–H and O–H groups in total. The minimum absolute atomic E-state index is 0.564. The van der Waals surface area contributed by atoms with Crippen molar-refractivity contribution >= 4 is 43.7 Å². The van der Waals surface area contributed by atoms with Gasteiger partial charge in [-0.2, -0.15) is 9.97 Å². The first-order chi connectivity index (χ1) is 18.8. The molecule has 6 nitrogen and oxygen atoms in total. The second-order valence-electron chi connectivity index (χ2n) is 9.17. The van der Waals surface area contributed by atoms with Crippen LogP contribution in [0.1, 0.15) is 0 Å². The van der Waals surface area contributed by atoms with Crippen molar-refractivity contribution in [1.82, 2.24) is 24.5 Å². The zero-order chi connectivity index (χ0) is 25.1. The fourth-order valence-electron chi connectivity index (χ4n) is 5.30. The highest BCUT2D eigenvalue weighted by atomic mass is 16.3. The number of fused-ring (bicyclic) bond motifs is 6. The van der Waals surface area contributed by atoms with Crippen LogP contribution in [0.2, 0.25) is 0 Å². The van der Waals surface area contributed by atoms with Gasteiger partial charge in [-0.05, 0) is 24.3 Å². The van der Waals surface area contributed by atoms with E-state index in [1.54, 1.807) is 6.20 Å². The van der Waals surface area contributed by atoms with Crippen LogP contribution in [0.4, 0.5) is 0 Å². The Hall–Kier alpha value is -5.36. The molecule has 178 valence electrons. The third-order valence-electron chi connectivity index (χ3n) is 6.97. The molecular formula is C32H19N5O. The molecule has 0 bridgehead atoms. The van der Waals surface area contributed by atoms with E-state index < -0.39 is 0 Å². The maximum atomic E-state index is 6.13. The number of benzene rings is 4. The maximum Gasteiger partial charge on any atom is 0.238 e. The van der Waals surface area contributed by atoms with Crippen LogP contribution in [-0.2, 0) is 0 Å². The standard InChI is InChI=1S/C32H19N5O/c1-2-9-20(10-3-1)30-34-31(23-13-8-16-28-29(23)24-19-33-18-17-27(24)38-28)36-32(35-30)37-25-14-6-4-11-21(25)22-12-5-7-15-26(22)37/h1-19H. The van der Waals surface area contributed by atoms with Crippen molar-refractivity contribution < 1.29 is 4.42 Å². The number of hydrogen-bond donors (Lipinski definition) is 0. The lowest BCUT2D eigenvalue weighted by atomic mass is 10.1. The average molecular weight is 490 g/mol. The molecule has 0 atom stereocenters. The Bertz CT molecular complexity index is 2090. The quantitative estimate of drug-likeness (QED) is 0.256. The van der Waals surface area contributed by atoms with E-state index in [2.05, 4.69) is 45.9 Å². The summed E-state index contributed by atoms with van der Waals surface area (Å²) in [7, 11) is 0. The van der Waals surface area contributed by atoms with Crippen LogP contribution in [-0.4, -0.2) is 24.5 Å². The lowest BCUT2D eigenvalue weighted by Gasteiger charge is -2.11. The summed E-state index contributed by atoms with van der Waals surface area (Å²) in [6.45, 7) is 0. The van der Waals surface area contributed by atoms with Crippen molar-refractivity contribution in [2.24, 2.45) is 0 Å². The molecule has 8 aromatic rings. The minimum Gasteiger partial charge on any atom is -0.456 e. The molecule has 0 saturated carbocycles. The van der Waals surface area contributed by atoms with E-state index in [1.807, 2.05) is 72.9 Å². The summed E-state index contributed by atoms with van der Waals surface area (Å²) in [6, 6.07) is 34.6. The topological polar surface area (TPSA) is 69.6 Å². The van der Waals surface area contributed by atoms with Crippen LogP contribution in [0.3, 0.4) is 0 Å². The van der Waals surface area contributed by atoms with Gasteiger partial charge in [0, 0.05) is 45.1 Å². The van der Waals surface area contributed by atoms with Crippen molar-refractivity contribution in [3.05, 3.63) is 116 Å². The molecule has 6 heteroatoms. The molecule has 0 saturated heterocycles. The second kappa shape index (κ2) is 8.08. The Kier molecular flexibility index (Phi) is 4.42. The molecule has 0 fully saturated rings. The first-order valence-electron chi connectivity index (χ1n) is 12.4. The molecule has 0 unspecified atom stereocenters. The van der Waals surface area contributed by atoms with E-state index in [-0.39, 0.29) is 0 Å². The van der Waals surface area contributed by atoms with Crippen LogP contribution >= 0.6 is 0 Å². The van der Waals surface area contributed by atoms with Gasteiger partial charge in [-0.3, -0.25) is 9.55 Å². The third-order valence-corrected chi connectivity index (χ3v) is 6.97. The first kappa shape index (κ1) is 20.8. The van der Waals surface area contributed by atoms with Crippen LogP contribution < -0.4 is 0 Å². The van der Waals surface area contributed by atoms with E-state index in [0.717, 1.165) is 54.9 Å². The maximum absolute atomic E-state index is 6.13. The fourth-order valence-corrected chi connectivity index (χ4v) is 5.30. The van der Waals surface area contributed by atoms with E-state index in [0.29, 0.717) is 17.6 Å². The molecule has 0 aliphatic carbocycles. The van der Waals surface area contributed by atoms with Gasteiger partial charge in [0.1, 0.15) is 11.2 Å².